The second-order valence-electron chi connectivity index (χ2n) is 4.08. The lowest BCUT2D eigenvalue weighted by Crippen LogP contribution is -2.61. The summed E-state index contributed by atoms with van der Waals surface area (Å²) in [6.45, 7) is 2.21. The second-order valence-corrected chi connectivity index (χ2v) is 4.08. The summed E-state index contributed by atoms with van der Waals surface area (Å²) in [5.74, 6) is 0. The molecule has 2 bridgehead atoms. The lowest BCUT2D eigenvalue weighted by Gasteiger charge is -2.69. The van der Waals surface area contributed by atoms with Gasteiger partial charge in [-0.3, -0.25) is 0 Å². The molecule has 50 valence electrons. The molecule has 0 unspecified atom stereocenters. The molecule has 0 aliphatic heterocycles. The molecule has 0 atom stereocenters. The molecule has 2 nitrogen and oxygen atoms in total. The van der Waals surface area contributed by atoms with E-state index in [-0.39, 0.29) is 5.31 Å². The Morgan fingerprint density at radius 2 is 1.67 bits per heavy atom. The summed E-state index contributed by atoms with van der Waals surface area (Å²) in [6, 6.07) is 0. The van der Waals surface area contributed by atoms with Crippen molar-refractivity contribution in [3.05, 3.63) is 0 Å². The lowest BCUT2D eigenvalue weighted by molar-refractivity contribution is -0.0909. The Bertz CT molecular complexity index is 135. The van der Waals surface area contributed by atoms with Gasteiger partial charge in [0.1, 0.15) is 0 Å². The Morgan fingerprint density at radius 3 is 1.78 bits per heavy atom. The highest BCUT2D eigenvalue weighted by molar-refractivity contribution is 6.46. The minimum atomic E-state index is -1.06. The van der Waals surface area contributed by atoms with E-state index in [0.717, 1.165) is 19.3 Å². The van der Waals surface area contributed by atoms with Crippen LogP contribution < -0.4 is 0 Å². The maximum absolute atomic E-state index is 8.84. The van der Waals surface area contributed by atoms with E-state index in [0.29, 0.717) is 5.41 Å². The van der Waals surface area contributed by atoms with E-state index in [1.165, 1.54) is 0 Å². The van der Waals surface area contributed by atoms with Crippen LogP contribution in [0.5, 0.6) is 0 Å². The van der Waals surface area contributed by atoms with Crippen LogP contribution in [0.25, 0.3) is 0 Å². The zero-order chi connectivity index (χ0) is 6.70. The van der Waals surface area contributed by atoms with Crippen molar-refractivity contribution in [3.63, 3.8) is 0 Å². The van der Waals surface area contributed by atoms with Crippen LogP contribution in [0.2, 0.25) is 5.31 Å². The largest absolute Gasteiger partial charge is 0.458 e. The first-order valence-corrected chi connectivity index (χ1v) is 3.43. The fourth-order valence-electron chi connectivity index (χ4n) is 2.67. The molecular formula is C6H11BO2. The number of hydrogen-bond acceptors (Lipinski definition) is 2. The first-order valence-electron chi connectivity index (χ1n) is 3.43. The van der Waals surface area contributed by atoms with Crippen LogP contribution in [0.3, 0.4) is 0 Å². The third-order valence-electron chi connectivity index (χ3n) is 2.88. The molecule has 3 rings (SSSR count). The quantitative estimate of drug-likeness (QED) is 0.499. The highest BCUT2D eigenvalue weighted by atomic mass is 16.4. The molecule has 0 amide bonds. The molecule has 0 radical (unpaired) electrons. The highest BCUT2D eigenvalue weighted by Gasteiger charge is 2.69. The van der Waals surface area contributed by atoms with Crippen LogP contribution in [0.15, 0.2) is 0 Å². The molecule has 0 aromatic rings. The molecule has 2 N–H and O–H groups in total. The van der Waals surface area contributed by atoms with Gasteiger partial charge in [0.05, 0.1) is 0 Å². The van der Waals surface area contributed by atoms with Crippen LogP contribution in [0, 0.1) is 5.41 Å². The Kier molecular flexibility index (Phi) is 0.769. The van der Waals surface area contributed by atoms with E-state index in [1.54, 1.807) is 0 Å². The van der Waals surface area contributed by atoms with E-state index in [4.69, 9.17) is 10.0 Å². The third-order valence-corrected chi connectivity index (χ3v) is 2.88. The van der Waals surface area contributed by atoms with Crippen molar-refractivity contribution in [3.8, 4) is 0 Å². The third kappa shape index (κ3) is 0.497. The molecule has 3 heteroatoms. The average molecular weight is 126 g/mol. The van der Waals surface area contributed by atoms with Gasteiger partial charge in [0.2, 0.25) is 0 Å². The van der Waals surface area contributed by atoms with Gasteiger partial charge in [-0.15, -0.1) is 0 Å². The van der Waals surface area contributed by atoms with Crippen molar-refractivity contribution in [2.75, 3.05) is 0 Å². The molecular weight excluding hydrogens is 115 g/mol. The van der Waals surface area contributed by atoms with Gasteiger partial charge < -0.3 is 10.0 Å². The Balaban J connectivity index is 2.04. The van der Waals surface area contributed by atoms with Crippen LogP contribution in [0.1, 0.15) is 26.2 Å². The van der Waals surface area contributed by atoms with Gasteiger partial charge in [-0.25, -0.2) is 0 Å². The smallest absolute Gasteiger partial charge is 0.427 e. The van der Waals surface area contributed by atoms with E-state index in [9.17, 15) is 0 Å². The SMILES string of the molecule is CC12CC(B(O)O)(C1)C2. The summed E-state index contributed by atoms with van der Waals surface area (Å²) < 4.78 is 0. The summed E-state index contributed by atoms with van der Waals surface area (Å²) in [5.41, 5.74) is 0.490. The summed E-state index contributed by atoms with van der Waals surface area (Å²) >= 11 is 0. The molecule has 0 heterocycles. The van der Waals surface area contributed by atoms with Gasteiger partial charge in [0.15, 0.2) is 0 Å². The normalized spacial score (nSPS) is 53.7. The monoisotopic (exact) mass is 126 g/mol. The molecule has 0 saturated heterocycles. The van der Waals surface area contributed by atoms with Crippen LogP contribution in [-0.2, 0) is 0 Å². The Hall–Kier alpha value is -0.0151. The van der Waals surface area contributed by atoms with Gasteiger partial charge >= 0.3 is 7.12 Å². The standard InChI is InChI=1S/C6H11BO2/c1-5-2-6(3-5,4-5)7(8)9/h8-9H,2-4H2,1H3. The molecule has 0 aromatic carbocycles. The lowest BCUT2D eigenvalue weighted by atomic mass is 9.25. The second kappa shape index (κ2) is 1.20. The maximum atomic E-state index is 8.84. The molecule has 3 aliphatic rings. The number of hydrogen-bond donors (Lipinski definition) is 2. The molecule has 0 aromatic heterocycles. The maximum Gasteiger partial charge on any atom is 0.458 e. The van der Waals surface area contributed by atoms with Crippen molar-refractivity contribution < 1.29 is 10.0 Å². The minimum Gasteiger partial charge on any atom is -0.427 e. The minimum absolute atomic E-state index is 0.0608. The van der Waals surface area contributed by atoms with Crippen LogP contribution in [0.4, 0.5) is 0 Å². The zero-order valence-corrected chi connectivity index (χ0v) is 5.59. The average Bonchev–Trinajstić information content (AvgIpc) is 1.54. The van der Waals surface area contributed by atoms with E-state index < -0.39 is 7.12 Å². The van der Waals surface area contributed by atoms with Gasteiger partial charge in [-0.2, -0.15) is 0 Å². The van der Waals surface area contributed by atoms with Gasteiger partial charge in [0.25, 0.3) is 0 Å². The molecule has 9 heavy (non-hydrogen) atoms. The van der Waals surface area contributed by atoms with Crippen molar-refractivity contribution in [2.45, 2.75) is 31.5 Å². The highest BCUT2D eigenvalue weighted by Crippen LogP contribution is 2.78. The number of rotatable bonds is 1. The van der Waals surface area contributed by atoms with E-state index in [2.05, 4.69) is 6.92 Å². The first-order chi connectivity index (χ1) is 4.06. The summed E-state index contributed by atoms with van der Waals surface area (Å²) in [6.07, 6.45) is 3.08. The Morgan fingerprint density at radius 1 is 1.22 bits per heavy atom. The summed E-state index contributed by atoms with van der Waals surface area (Å²) in [4.78, 5) is 0. The van der Waals surface area contributed by atoms with Crippen molar-refractivity contribution >= 4 is 7.12 Å². The molecule has 3 aliphatic carbocycles. The molecule has 0 spiro atoms. The van der Waals surface area contributed by atoms with Gasteiger partial charge in [-0.05, 0) is 24.7 Å². The zero-order valence-electron chi connectivity index (χ0n) is 5.59. The van der Waals surface area contributed by atoms with E-state index >= 15 is 0 Å². The fraction of sp³-hybridized carbons (Fsp3) is 1.00. The van der Waals surface area contributed by atoms with Crippen molar-refractivity contribution in [1.82, 2.24) is 0 Å². The fourth-order valence-corrected chi connectivity index (χ4v) is 2.67. The van der Waals surface area contributed by atoms with Crippen LogP contribution in [-0.4, -0.2) is 17.2 Å². The van der Waals surface area contributed by atoms with Crippen LogP contribution >= 0.6 is 0 Å². The summed E-state index contributed by atoms with van der Waals surface area (Å²) in [7, 11) is -1.06. The van der Waals surface area contributed by atoms with Crippen molar-refractivity contribution in [2.24, 2.45) is 5.41 Å². The van der Waals surface area contributed by atoms with Gasteiger partial charge in [0, 0.05) is 5.31 Å². The van der Waals surface area contributed by atoms with Crippen molar-refractivity contribution in [1.29, 1.82) is 0 Å². The summed E-state index contributed by atoms with van der Waals surface area (Å²) in [5, 5.41) is 17.6. The van der Waals surface area contributed by atoms with E-state index in [1.807, 2.05) is 0 Å². The topological polar surface area (TPSA) is 40.5 Å². The molecule has 3 fully saturated rings. The predicted molar refractivity (Wildman–Crippen MR) is 34.8 cm³/mol. The Labute approximate surface area is 55.0 Å². The first kappa shape index (κ1) is 5.75. The predicted octanol–water partition coefficient (Wildman–Crippen LogP) is 0.403. The van der Waals surface area contributed by atoms with Gasteiger partial charge in [-0.1, -0.05) is 6.92 Å². The molecule has 3 saturated carbocycles.